The molecule has 10 heteroatoms. The summed E-state index contributed by atoms with van der Waals surface area (Å²) in [4.78, 5) is 40.8. The van der Waals surface area contributed by atoms with Crippen molar-refractivity contribution in [2.75, 3.05) is 13.2 Å². The van der Waals surface area contributed by atoms with Crippen molar-refractivity contribution in [1.29, 1.82) is 0 Å². The van der Waals surface area contributed by atoms with Crippen LogP contribution >= 0.6 is 0 Å². The number of aliphatic hydroxyl groups is 1. The van der Waals surface area contributed by atoms with Gasteiger partial charge in [0.1, 0.15) is 18.2 Å². The van der Waals surface area contributed by atoms with Crippen molar-refractivity contribution in [3.63, 3.8) is 0 Å². The van der Waals surface area contributed by atoms with Crippen molar-refractivity contribution in [2.24, 2.45) is 11.8 Å². The van der Waals surface area contributed by atoms with Gasteiger partial charge in [-0.3, -0.25) is 4.90 Å². The van der Waals surface area contributed by atoms with E-state index in [0.717, 1.165) is 11.6 Å². The fourth-order valence-electron chi connectivity index (χ4n) is 4.09. The zero-order valence-corrected chi connectivity index (χ0v) is 27.9. The van der Waals surface area contributed by atoms with Crippen LogP contribution in [0.1, 0.15) is 66.9 Å². The maximum atomic E-state index is 13.5. The van der Waals surface area contributed by atoms with Gasteiger partial charge in [0.25, 0.3) is 0 Å². The maximum absolute atomic E-state index is 13.5. The predicted octanol–water partition coefficient (Wildman–Crippen LogP) is 6.22. The first-order chi connectivity index (χ1) is 18.9. The molecular weight excluding hydrogens is 540 g/mol. The van der Waals surface area contributed by atoms with Crippen molar-refractivity contribution in [2.45, 2.75) is 117 Å². The monoisotopic (exact) mass is 594 g/mol. The summed E-state index contributed by atoms with van der Waals surface area (Å²) in [5.41, 5.74) is 0.0796. The van der Waals surface area contributed by atoms with Crippen LogP contribution in [0.15, 0.2) is 30.3 Å². The van der Waals surface area contributed by atoms with Gasteiger partial charge in [-0.05, 0) is 57.1 Å². The number of nitrogens with zero attached hydrogens (tertiary/aromatic N) is 1. The lowest BCUT2D eigenvalue weighted by Crippen LogP contribution is -2.55. The Balaban J connectivity index is 3.28. The lowest BCUT2D eigenvalue weighted by atomic mass is 9.97. The highest BCUT2D eigenvalue weighted by Crippen LogP contribution is 2.20. The van der Waals surface area contributed by atoms with E-state index in [2.05, 4.69) is 25.0 Å². The molecule has 41 heavy (non-hydrogen) atoms. The second kappa shape index (κ2) is 16.7. The molecule has 0 aromatic heterocycles. The third-order valence-electron chi connectivity index (χ3n) is 6.15. The third-order valence-corrected chi connectivity index (χ3v) is 7.86. The molecule has 2 N–H and O–H groups in total. The van der Waals surface area contributed by atoms with Crippen molar-refractivity contribution < 1.29 is 33.7 Å². The van der Waals surface area contributed by atoms with E-state index < -0.39 is 50.0 Å². The van der Waals surface area contributed by atoms with Gasteiger partial charge < -0.3 is 24.6 Å². The van der Waals surface area contributed by atoms with E-state index in [9.17, 15) is 19.5 Å². The van der Waals surface area contributed by atoms with E-state index in [1.54, 1.807) is 20.8 Å². The summed E-state index contributed by atoms with van der Waals surface area (Å²) in [5, 5.41) is 14.2. The molecule has 0 aliphatic rings. The minimum Gasteiger partial charge on any atom is -0.464 e. The highest BCUT2D eigenvalue weighted by Gasteiger charge is 2.37. The number of rotatable bonds is 15. The highest BCUT2D eigenvalue weighted by atomic mass is 28.3. The molecule has 1 rings (SSSR count). The van der Waals surface area contributed by atoms with Crippen molar-refractivity contribution in [3.8, 4) is 0 Å². The number of aliphatic hydroxyl groups excluding tert-OH is 1. The average molecular weight is 595 g/mol. The fraction of sp³-hybridized carbons (Fsp3) is 0.710. The first-order valence-corrected chi connectivity index (χ1v) is 18.4. The molecule has 0 radical (unpaired) electrons. The molecule has 1 aromatic carbocycles. The zero-order valence-electron chi connectivity index (χ0n) is 26.9. The number of amides is 2. The number of ether oxygens (including phenoxy) is 3. The molecule has 0 aliphatic heterocycles. The lowest BCUT2D eigenvalue weighted by molar-refractivity contribution is -0.150. The third kappa shape index (κ3) is 15.8. The summed E-state index contributed by atoms with van der Waals surface area (Å²) >= 11 is 0. The summed E-state index contributed by atoms with van der Waals surface area (Å²) in [7, 11) is -1.45. The minimum atomic E-state index is -1.45. The quantitative estimate of drug-likeness (QED) is 0.141. The summed E-state index contributed by atoms with van der Waals surface area (Å²) in [6.07, 6.45) is -1.83. The number of carbonyl (C=O) groups excluding carboxylic acids is 3. The minimum absolute atomic E-state index is 0.0108. The number of hydrogen-bond donors (Lipinski definition) is 2. The number of benzene rings is 1. The van der Waals surface area contributed by atoms with Crippen LogP contribution in [0.5, 0.6) is 0 Å². The molecular formula is C31H54N2O7Si. The fourth-order valence-corrected chi connectivity index (χ4v) is 4.80. The molecule has 0 spiro atoms. The van der Waals surface area contributed by atoms with Gasteiger partial charge in [0.15, 0.2) is 0 Å². The first-order valence-electron chi connectivity index (χ1n) is 14.7. The van der Waals surface area contributed by atoms with Crippen molar-refractivity contribution >= 4 is 26.2 Å². The molecule has 9 nitrogen and oxygen atoms in total. The maximum Gasteiger partial charge on any atom is 0.410 e. The smallest absolute Gasteiger partial charge is 0.410 e. The van der Waals surface area contributed by atoms with Gasteiger partial charge in [0.2, 0.25) is 0 Å². The van der Waals surface area contributed by atoms with E-state index in [1.807, 2.05) is 58.0 Å². The molecule has 1 unspecified atom stereocenters. The molecule has 1 aromatic rings. The van der Waals surface area contributed by atoms with E-state index in [0.29, 0.717) is 12.8 Å². The second-order valence-corrected chi connectivity index (χ2v) is 19.4. The Kier molecular flexibility index (Phi) is 14.9. The number of carbonyl (C=O) groups is 3. The van der Waals surface area contributed by atoms with Gasteiger partial charge in [-0.25, -0.2) is 14.4 Å². The Bertz CT molecular complexity index is 942. The Morgan fingerprint density at radius 2 is 1.54 bits per heavy atom. The van der Waals surface area contributed by atoms with Gasteiger partial charge in [-0.15, -0.1) is 0 Å². The van der Waals surface area contributed by atoms with Gasteiger partial charge in [0.05, 0.1) is 25.3 Å². The largest absolute Gasteiger partial charge is 0.464 e. The lowest BCUT2D eigenvalue weighted by Gasteiger charge is -2.35. The van der Waals surface area contributed by atoms with Crippen LogP contribution in [-0.2, 0) is 25.6 Å². The van der Waals surface area contributed by atoms with Crippen LogP contribution in [0.25, 0.3) is 0 Å². The summed E-state index contributed by atoms with van der Waals surface area (Å²) in [5.74, 6) is -0.347. The average Bonchev–Trinajstić information content (AvgIpc) is 2.82. The molecule has 3 atom stereocenters. The molecule has 0 saturated heterocycles. The summed E-state index contributed by atoms with van der Waals surface area (Å²) in [6, 6.07) is 8.35. The standard InChI is InChI=1S/C31H54N2O7Si/c1-22(2)18-25(32-29(36)40-31(5,6)7)27(34)20-33(30(37)39-21-24-14-12-11-13-15-24)26(19-23(3)4)28(35)38-16-17-41(8,9)10/h11-15,22-23,25-27,34H,16-21H2,1-10H3,(H,32,36)/t25?,26-,27-/m0/s1. The first kappa shape index (κ1) is 36.4. The molecule has 0 heterocycles. The summed E-state index contributed by atoms with van der Waals surface area (Å²) in [6.45, 7) is 19.8. The highest BCUT2D eigenvalue weighted by molar-refractivity contribution is 6.76. The Morgan fingerprint density at radius 3 is 2.05 bits per heavy atom. The predicted molar refractivity (Wildman–Crippen MR) is 164 cm³/mol. The second-order valence-electron chi connectivity index (χ2n) is 13.8. The molecule has 0 saturated carbocycles. The Hall–Kier alpha value is -2.59. The number of nitrogens with one attached hydrogen (secondary N) is 1. The van der Waals surface area contributed by atoms with E-state index in [1.165, 1.54) is 4.90 Å². The van der Waals surface area contributed by atoms with Crippen LogP contribution in [0, 0.1) is 11.8 Å². The Morgan fingerprint density at radius 1 is 0.951 bits per heavy atom. The number of hydrogen-bond acceptors (Lipinski definition) is 7. The number of esters is 1. The van der Waals surface area contributed by atoms with Crippen molar-refractivity contribution in [1.82, 2.24) is 10.2 Å². The zero-order chi connectivity index (χ0) is 31.4. The molecule has 2 amide bonds. The molecule has 0 aliphatic carbocycles. The van der Waals surface area contributed by atoms with Crippen LogP contribution in [0.2, 0.25) is 25.7 Å². The van der Waals surface area contributed by atoms with Gasteiger partial charge in [-0.1, -0.05) is 77.7 Å². The Labute approximate surface area is 248 Å². The SMILES string of the molecule is CC(C)CC(NC(=O)OC(C)(C)C)[C@@H](O)CN(C(=O)OCc1ccccc1)[C@@H](CC(C)C)C(=O)OCC[Si](C)(C)C. The van der Waals surface area contributed by atoms with Crippen molar-refractivity contribution in [3.05, 3.63) is 35.9 Å². The molecule has 234 valence electrons. The topological polar surface area (TPSA) is 114 Å². The van der Waals surface area contributed by atoms with E-state index >= 15 is 0 Å². The van der Waals surface area contributed by atoms with Gasteiger partial charge >= 0.3 is 18.2 Å². The number of alkyl carbamates (subject to hydrolysis) is 1. The van der Waals surface area contributed by atoms with Gasteiger partial charge in [0, 0.05) is 8.07 Å². The molecule has 0 fully saturated rings. The van der Waals surface area contributed by atoms with E-state index in [4.69, 9.17) is 14.2 Å². The van der Waals surface area contributed by atoms with E-state index in [-0.39, 0.29) is 31.6 Å². The van der Waals surface area contributed by atoms with Crippen LogP contribution in [-0.4, -0.2) is 73.2 Å². The van der Waals surface area contributed by atoms with Crippen LogP contribution < -0.4 is 5.32 Å². The molecule has 0 bridgehead atoms. The van der Waals surface area contributed by atoms with Crippen LogP contribution in [0.4, 0.5) is 9.59 Å². The van der Waals surface area contributed by atoms with Gasteiger partial charge in [-0.2, -0.15) is 0 Å². The normalized spacial score (nSPS) is 14.3. The van der Waals surface area contributed by atoms with Crippen LogP contribution in [0.3, 0.4) is 0 Å². The summed E-state index contributed by atoms with van der Waals surface area (Å²) < 4.78 is 16.7.